The number of nitrogens with two attached hydrogens (primary N) is 2. The minimum absolute atomic E-state index is 0.0638. The molecule has 27 heteroatoms. The Hall–Kier alpha value is -8.14. The Balaban J connectivity index is 1.36. The van der Waals surface area contributed by atoms with Crippen molar-refractivity contribution < 1.29 is 76.9 Å². The Kier molecular flexibility index (Phi) is 30.5. The standard InChI is InChI=1S/C65H97N11O16/c1-13-39(6)57(48(90-11)35-54(82)75-32-20-23-47(75)59(91-12)40(7)60(84)68-41(8)58(83)43-21-16-14-17-22-43)73(9)55(37(2)3)63(87)72-64(88)56(38(4)5)74(10)65(89)92-36-42-25-27-44(28-26-42)69-61(85)46(34-50(67)78)71-62(86)45(33-49(66)77)70-51(79)24-18-15-19-31-76-52(80)29-30-53(76)81/h14,16-17,21-22,25-30,37-41,45-48,55-59,83H,13,15,18-20,23-24,31-36H2,1-12H3,(H2,66,77)(H2,67,78)(H,68,84)(H,69,85)(H,70,79)(H,71,86)(H,72,87,88)/t39-,40+,41+,45-,46-,47-,48+,55-,56-,57-,58+,59+/m0/s1. The first-order valence-electron chi connectivity index (χ1n) is 31.4. The van der Waals surface area contributed by atoms with E-state index in [0.29, 0.717) is 56.2 Å². The molecule has 0 radical (unpaired) electrons. The van der Waals surface area contributed by atoms with Crippen molar-refractivity contribution in [2.45, 2.75) is 187 Å². The maximum Gasteiger partial charge on any atom is 0.410 e. The molecule has 0 saturated carbocycles. The van der Waals surface area contributed by atoms with Crippen LogP contribution in [0.4, 0.5) is 10.5 Å². The van der Waals surface area contributed by atoms with Gasteiger partial charge in [0, 0.05) is 64.7 Å². The van der Waals surface area contributed by atoms with E-state index in [1.54, 1.807) is 51.8 Å². The van der Waals surface area contributed by atoms with Gasteiger partial charge in [-0.2, -0.15) is 0 Å². The summed E-state index contributed by atoms with van der Waals surface area (Å²) in [7, 11) is 6.16. The highest BCUT2D eigenvalue weighted by atomic mass is 16.6. The van der Waals surface area contributed by atoms with Crippen molar-refractivity contribution in [3.63, 3.8) is 0 Å². The van der Waals surface area contributed by atoms with Crippen LogP contribution in [0.25, 0.3) is 0 Å². The van der Waals surface area contributed by atoms with Crippen LogP contribution in [-0.2, 0) is 73.6 Å². The summed E-state index contributed by atoms with van der Waals surface area (Å²) in [5, 5.41) is 23.8. The molecule has 2 aromatic rings. The second-order valence-electron chi connectivity index (χ2n) is 24.5. The summed E-state index contributed by atoms with van der Waals surface area (Å²) in [4.78, 5) is 164. The molecule has 1 fully saturated rings. The SMILES string of the molecule is CC[C@H](C)[C@@H]([C@@H](CC(=O)N1CCC[C@H]1[C@H](OC)[C@@H](C)C(=O)N[C@H](C)[C@@H](O)c1ccccc1)OC)N(C)[C@H](C(=O)NC(=O)[C@H](C(C)C)N(C)C(=O)OCc1ccc(NC(=O)[C@H](CC(N)=O)NC(=O)[C@H](CC(N)=O)NC(=O)CCCCCN2C(=O)C=CC2=O)cc1)C(C)C. The van der Waals surface area contributed by atoms with Gasteiger partial charge in [0.2, 0.25) is 53.2 Å². The lowest BCUT2D eigenvalue weighted by molar-refractivity contribution is -0.145. The molecule has 2 aliphatic heterocycles. The maximum absolute atomic E-state index is 14.5. The molecule has 92 heavy (non-hydrogen) atoms. The molecule has 12 atom stereocenters. The molecule has 4 rings (SSSR count). The summed E-state index contributed by atoms with van der Waals surface area (Å²) in [5.74, 6) is -8.89. The fourth-order valence-electron chi connectivity index (χ4n) is 11.9. The number of carbonyl (C=O) groups is 12. The van der Waals surface area contributed by atoms with Crippen LogP contribution in [0.5, 0.6) is 0 Å². The van der Waals surface area contributed by atoms with Crippen molar-refractivity contribution in [2.75, 3.05) is 46.7 Å². The van der Waals surface area contributed by atoms with Gasteiger partial charge in [0.15, 0.2) is 0 Å². The predicted octanol–water partition coefficient (Wildman–Crippen LogP) is 2.72. The van der Waals surface area contributed by atoms with Crippen LogP contribution in [-0.4, -0.2) is 192 Å². The van der Waals surface area contributed by atoms with Gasteiger partial charge < -0.3 is 57.0 Å². The summed E-state index contributed by atoms with van der Waals surface area (Å²) >= 11 is 0. The van der Waals surface area contributed by atoms with Crippen molar-refractivity contribution in [3.05, 3.63) is 77.9 Å². The minimum Gasteiger partial charge on any atom is -0.445 e. The number of hydrogen-bond donors (Lipinski definition) is 8. The second kappa shape index (κ2) is 36.8. The average Bonchev–Trinajstić information content (AvgIpc) is 1.47. The van der Waals surface area contributed by atoms with E-state index < -0.39 is 145 Å². The molecule has 0 aliphatic carbocycles. The van der Waals surface area contributed by atoms with Gasteiger partial charge in [0.1, 0.15) is 24.7 Å². The number of carbonyl (C=O) groups excluding carboxylic acids is 12. The van der Waals surface area contributed by atoms with Gasteiger partial charge in [-0.25, -0.2) is 4.79 Å². The van der Waals surface area contributed by atoms with E-state index in [-0.39, 0.29) is 55.3 Å². The molecule has 508 valence electrons. The Morgan fingerprint density at radius 1 is 0.696 bits per heavy atom. The van der Waals surface area contributed by atoms with Gasteiger partial charge in [0.05, 0.1) is 61.6 Å². The van der Waals surface area contributed by atoms with Crippen LogP contribution in [0.1, 0.15) is 137 Å². The van der Waals surface area contributed by atoms with Crippen LogP contribution in [0.2, 0.25) is 0 Å². The molecular weight excluding hydrogens is 1190 g/mol. The first-order valence-corrected chi connectivity index (χ1v) is 31.4. The number of primary amides is 2. The number of aliphatic hydroxyl groups is 1. The minimum atomic E-state index is -1.57. The molecule has 0 unspecified atom stereocenters. The number of amides is 12. The van der Waals surface area contributed by atoms with E-state index in [9.17, 15) is 62.6 Å². The molecule has 0 spiro atoms. The third-order valence-corrected chi connectivity index (χ3v) is 17.0. The number of ether oxygens (including phenoxy) is 3. The van der Waals surface area contributed by atoms with Gasteiger partial charge in [0.25, 0.3) is 11.8 Å². The van der Waals surface area contributed by atoms with Crippen LogP contribution in [0, 0.1) is 23.7 Å². The number of hydrogen-bond acceptors (Lipinski definition) is 17. The summed E-state index contributed by atoms with van der Waals surface area (Å²) in [5.41, 5.74) is 12.1. The first-order chi connectivity index (χ1) is 43.4. The molecule has 1 saturated heterocycles. The van der Waals surface area contributed by atoms with Crippen molar-refractivity contribution >= 4 is 76.8 Å². The Labute approximate surface area is 539 Å². The lowest BCUT2D eigenvalue weighted by Gasteiger charge is -2.43. The number of likely N-dealkylation sites (tertiary alicyclic amines) is 1. The molecule has 0 aromatic heterocycles. The highest BCUT2D eigenvalue weighted by molar-refractivity contribution is 6.13. The van der Waals surface area contributed by atoms with Crippen LogP contribution < -0.4 is 38.1 Å². The average molecular weight is 1290 g/mol. The summed E-state index contributed by atoms with van der Waals surface area (Å²) in [6.45, 7) is 14.9. The molecular formula is C65H97N11O16. The Morgan fingerprint density at radius 2 is 1.28 bits per heavy atom. The zero-order chi connectivity index (χ0) is 68.7. The lowest BCUT2D eigenvalue weighted by Crippen LogP contribution is -2.60. The van der Waals surface area contributed by atoms with E-state index in [1.807, 2.05) is 50.8 Å². The molecule has 12 amide bonds. The number of likely N-dealkylation sites (N-methyl/N-ethyl adjacent to an activating group) is 2. The number of methoxy groups -OCH3 is 2. The number of aliphatic hydroxyl groups excluding tert-OH is 1. The fraction of sp³-hybridized carbons (Fsp3) is 0.600. The van der Waals surface area contributed by atoms with Gasteiger partial charge in [-0.3, -0.25) is 72.8 Å². The van der Waals surface area contributed by atoms with E-state index >= 15 is 0 Å². The smallest absolute Gasteiger partial charge is 0.410 e. The van der Waals surface area contributed by atoms with Crippen LogP contribution in [0.3, 0.4) is 0 Å². The largest absolute Gasteiger partial charge is 0.445 e. The van der Waals surface area contributed by atoms with Crippen molar-refractivity contribution in [1.82, 2.24) is 40.9 Å². The van der Waals surface area contributed by atoms with E-state index in [0.717, 1.165) is 9.80 Å². The quantitative estimate of drug-likeness (QED) is 0.0356. The second-order valence-corrected chi connectivity index (χ2v) is 24.5. The number of unbranched alkanes of at least 4 members (excludes halogenated alkanes) is 2. The zero-order valence-electron chi connectivity index (χ0n) is 55.1. The topological polar surface area (TPSA) is 378 Å². The van der Waals surface area contributed by atoms with Crippen LogP contribution in [0.15, 0.2) is 66.7 Å². The number of benzene rings is 2. The first kappa shape index (κ1) is 76.3. The van der Waals surface area contributed by atoms with E-state index in [1.165, 1.54) is 57.7 Å². The maximum atomic E-state index is 14.5. The molecule has 2 aliphatic rings. The number of nitrogens with zero attached hydrogens (tertiary/aromatic N) is 4. The van der Waals surface area contributed by atoms with Gasteiger partial charge in [-0.05, 0) is 80.7 Å². The third-order valence-electron chi connectivity index (χ3n) is 17.0. The third kappa shape index (κ3) is 22.0. The monoisotopic (exact) mass is 1290 g/mol. The van der Waals surface area contributed by atoms with Gasteiger partial charge in [-0.15, -0.1) is 0 Å². The van der Waals surface area contributed by atoms with Gasteiger partial charge >= 0.3 is 6.09 Å². The highest BCUT2D eigenvalue weighted by Crippen LogP contribution is 2.31. The molecule has 2 heterocycles. The summed E-state index contributed by atoms with van der Waals surface area (Å²) < 4.78 is 17.7. The molecule has 2 aromatic carbocycles. The summed E-state index contributed by atoms with van der Waals surface area (Å²) in [6.07, 6.45) is 0.749. The Bertz CT molecular complexity index is 2890. The summed E-state index contributed by atoms with van der Waals surface area (Å²) in [6, 6.07) is 8.22. The zero-order valence-corrected chi connectivity index (χ0v) is 55.1. The van der Waals surface area contributed by atoms with Crippen molar-refractivity contribution in [3.8, 4) is 0 Å². The van der Waals surface area contributed by atoms with Gasteiger partial charge in [-0.1, -0.05) is 104 Å². The fourth-order valence-corrected chi connectivity index (χ4v) is 11.9. The number of imide groups is 2. The van der Waals surface area contributed by atoms with E-state index in [2.05, 4.69) is 26.6 Å². The molecule has 0 bridgehead atoms. The normalized spacial score (nSPS) is 17.5. The Morgan fingerprint density at radius 3 is 1.84 bits per heavy atom. The van der Waals surface area contributed by atoms with Crippen molar-refractivity contribution in [2.24, 2.45) is 35.1 Å². The molecule has 10 N–H and O–H groups in total. The highest BCUT2D eigenvalue weighted by Gasteiger charge is 2.44. The molecule has 27 nitrogen and oxygen atoms in total. The van der Waals surface area contributed by atoms with E-state index in [4.69, 9.17) is 25.7 Å². The van der Waals surface area contributed by atoms with Crippen LogP contribution >= 0.6 is 0 Å². The number of nitrogens with one attached hydrogen (secondary N) is 5. The van der Waals surface area contributed by atoms with Crippen molar-refractivity contribution in [1.29, 1.82) is 0 Å². The lowest BCUT2D eigenvalue weighted by atomic mass is 9.87. The predicted molar refractivity (Wildman–Crippen MR) is 339 cm³/mol. The number of rotatable bonds is 37. The number of anilines is 1.